The van der Waals surface area contributed by atoms with Gasteiger partial charge in [0.25, 0.3) is 0 Å². The van der Waals surface area contributed by atoms with Crippen LogP contribution in [0, 0.1) is 47.3 Å². The van der Waals surface area contributed by atoms with E-state index >= 15 is 4.79 Å². The van der Waals surface area contributed by atoms with Crippen molar-refractivity contribution in [3.63, 3.8) is 0 Å². The predicted octanol–water partition coefficient (Wildman–Crippen LogP) is 1.80. The summed E-state index contributed by atoms with van der Waals surface area (Å²) in [4.78, 5) is 215. The molecule has 15 amide bonds. The van der Waals surface area contributed by atoms with Crippen molar-refractivity contribution in [1.29, 1.82) is 0 Å². The lowest BCUT2D eigenvalue weighted by Gasteiger charge is -2.32. The Kier molecular flexibility index (Phi) is 54.5. The zero-order valence-corrected chi connectivity index (χ0v) is 75.7. The molecular formula is C85H160N20O15. The number of nitrogens with zero attached hydrogens (tertiary/aromatic N) is 1. The fourth-order valence-corrected chi connectivity index (χ4v) is 14.4. The highest BCUT2D eigenvalue weighted by Gasteiger charge is 2.42. The van der Waals surface area contributed by atoms with Crippen LogP contribution in [0.1, 0.15) is 278 Å². The van der Waals surface area contributed by atoms with E-state index in [0.717, 1.165) is 0 Å². The van der Waals surface area contributed by atoms with Gasteiger partial charge in [0, 0.05) is 13.5 Å². The van der Waals surface area contributed by atoms with Crippen LogP contribution >= 0.6 is 0 Å². The molecule has 14 atom stereocenters. The molecule has 0 aromatic rings. The third-order valence-corrected chi connectivity index (χ3v) is 20.5. The topological polar surface area (TPSA) is 572 Å². The van der Waals surface area contributed by atoms with Crippen LogP contribution in [0.15, 0.2) is 0 Å². The molecule has 690 valence electrons. The van der Waals surface area contributed by atoms with Gasteiger partial charge < -0.3 is 108 Å². The summed E-state index contributed by atoms with van der Waals surface area (Å²) in [5, 5.41) is 36.6. The van der Waals surface area contributed by atoms with Crippen LogP contribution in [0.25, 0.3) is 0 Å². The van der Waals surface area contributed by atoms with Crippen LogP contribution in [0.5, 0.6) is 0 Å². The molecule has 0 aromatic carbocycles. The number of carbonyl (C=O) groups is 15. The van der Waals surface area contributed by atoms with Crippen LogP contribution in [-0.4, -0.2) is 217 Å². The Morgan fingerprint density at radius 1 is 0.267 bits per heavy atom. The number of primary amides is 1. The number of nitrogens with one attached hydrogen (secondary N) is 13. The summed E-state index contributed by atoms with van der Waals surface area (Å²) >= 11 is 0. The van der Waals surface area contributed by atoms with E-state index < -0.39 is 173 Å². The van der Waals surface area contributed by atoms with Gasteiger partial charge in [-0.1, -0.05) is 111 Å². The minimum Gasteiger partial charge on any atom is -0.368 e. The molecule has 0 radical (unpaired) electrons. The number of rotatable bonds is 63. The largest absolute Gasteiger partial charge is 0.368 e. The fourth-order valence-electron chi connectivity index (χ4n) is 14.4. The number of hydrogen-bond acceptors (Lipinski definition) is 20. The standard InChI is InChI=1S/C85H160N20O15/c1-49(2)41-63(76(111)93-58(72(91)107)29-18-23-35-86)100-81(116)68(46-54(11)12)98-74(109)61(32-21-26-38-89)95-78(113)65(43-51(5)6)102-83(118)70(48-56(15)16)104-84(119)71-34-28-40-105(71)85(120)62(33-22-27-39-90)96-79(114)66(44-52(7)8)103-82(117)69(47-55(13)14)99-75(110)60(31-20-25-37-88)94-77(112)64(42-50(3)4)101-80(115)67(45-53(9)10)97-73(108)59(92-57(17)106)30-19-24-36-87/h49-56,58-71H,18-48,86-90H2,1-17H3,(H2,91,107)(H,92,106)(H,93,111)(H,94,112)(H,95,113)(H,96,114)(H,97,108)(H,98,109)(H,99,110)(H,100,116)(H,101,115)(H,102,118)(H,103,117)(H,104,119)/t58-,59-,60-,61-,62-,63-,64-,65-,66-,67-,68-,69-,70-,71-/m0/s1. The van der Waals surface area contributed by atoms with Gasteiger partial charge in [-0.15, -0.1) is 0 Å². The van der Waals surface area contributed by atoms with Crippen LogP contribution in [0.2, 0.25) is 0 Å². The SMILES string of the molecule is CC(=O)N[C@@H](CCCCN)C(=O)N[C@@H](CC(C)C)C(=O)N[C@@H](CC(C)C)C(=O)N[C@@H](CCCCN)C(=O)N[C@@H](CC(C)C)C(=O)N[C@@H](CC(C)C)C(=O)N[C@@H](CCCCN)C(=O)N1CCC[C@H]1C(=O)N[C@@H](CC(C)C)C(=O)N[C@@H](CC(C)C)C(=O)N[C@@H](CCCCN)C(=O)N[C@@H](CC(C)C)C(=O)N[C@@H](CC(C)C)C(=O)N[C@@H](CCCCN)C(N)=O. The Morgan fingerprint density at radius 3 is 0.683 bits per heavy atom. The molecule has 0 aromatic heterocycles. The molecule has 0 unspecified atom stereocenters. The maximum atomic E-state index is 15.1. The Bertz CT molecular complexity index is 3180. The van der Waals surface area contributed by atoms with E-state index in [9.17, 15) is 67.1 Å². The van der Waals surface area contributed by atoms with E-state index in [0.29, 0.717) is 83.7 Å². The van der Waals surface area contributed by atoms with E-state index in [4.69, 9.17) is 34.4 Å². The predicted molar refractivity (Wildman–Crippen MR) is 465 cm³/mol. The third kappa shape index (κ3) is 44.6. The minimum atomic E-state index is -1.26. The van der Waals surface area contributed by atoms with Crippen molar-refractivity contribution in [1.82, 2.24) is 74.0 Å². The number of nitrogens with two attached hydrogens (primary N) is 6. The van der Waals surface area contributed by atoms with Gasteiger partial charge in [0.1, 0.15) is 84.6 Å². The first-order valence-corrected chi connectivity index (χ1v) is 44.5. The minimum absolute atomic E-state index is 0.0809. The summed E-state index contributed by atoms with van der Waals surface area (Å²) in [6.07, 6.45) is 7.16. The molecule has 0 saturated carbocycles. The fraction of sp³-hybridized carbons (Fsp3) is 0.824. The summed E-state index contributed by atoms with van der Waals surface area (Å²) < 4.78 is 0. The van der Waals surface area contributed by atoms with E-state index in [2.05, 4.69) is 69.1 Å². The van der Waals surface area contributed by atoms with Gasteiger partial charge in [-0.25, -0.2) is 0 Å². The normalized spacial score (nSPS) is 16.2. The van der Waals surface area contributed by atoms with Gasteiger partial charge in [-0.05, 0) is 241 Å². The molecular weight excluding hydrogens is 1540 g/mol. The van der Waals surface area contributed by atoms with Gasteiger partial charge in [0.05, 0.1) is 0 Å². The van der Waals surface area contributed by atoms with Crippen LogP contribution in [0.3, 0.4) is 0 Å². The van der Waals surface area contributed by atoms with Crippen molar-refractivity contribution in [2.75, 3.05) is 39.3 Å². The summed E-state index contributed by atoms with van der Waals surface area (Å²) in [6.45, 7) is 32.6. The molecule has 35 nitrogen and oxygen atoms in total. The first-order chi connectivity index (χ1) is 56.4. The smallest absolute Gasteiger partial charge is 0.245 e. The van der Waals surface area contributed by atoms with E-state index in [-0.39, 0.29) is 163 Å². The van der Waals surface area contributed by atoms with Crippen molar-refractivity contribution in [3.8, 4) is 0 Å². The maximum Gasteiger partial charge on any atom is 0.245 e. The average Bonchev–Trinajstić information content (AvgIpc) is 1.62. The molecule has 0 aliphatic carbocycles. The molecule has 35 heteroatoms. The average molecular weight is 1700 g/mol. The number of unbranched alkanes of at least 4 members (excludes halogenated alkanes) is 5. The number of amides is 15. The number of likely N-dealkylation sites (tertiary alicyclic amines) is 1. The highest BCUT2D eigenvalue weighted by molar-refractivity contribution is 6.00. The van der Waals surface area contributed by atoms with Gasteiger partial charge in [-0.2, -0.15) is 0 Å². The summed E-state index contributed by atoms with van der Waals surface area (Å²) in [5.41, 5.74) is 34.8. The number of hydrogen-bond donors (Lipinski definition) is 19. The quantitative estimate of drug-likeness (QED) is 0.0386. The zero-order valence-electron chi connectivity index (χ0n) is 75.7. The first-order valence-electron chi connectivity index (χ1n) is 44.5. The summed E-state index contributed by atoms with van der Waals surface area (Å²) in [7, 11) is 0. The molecule has 25 N–H and O–H groups in total. The molecule has 0 bridgehead atoms. The zero-order chi connectivity index (χ0) is 91.1. The van der Waals surface area contributed by atoms with Gasteiger partial charge >= 0.3 is 0 Å². The van der Waals surface area contributed by atoms with Crippen molar-refractivity contribution < 1.29 is 71.9 Å². The van der Waals surface area contributed by atoms with Crippen LogP contribution < -0.4 is 104 Å². The van der Waals surface area contributed by atoms with Crippen molar-refractivity contribution in [3.05, 3.63) is 0 Å². The highest BCUT2D eigenvalue weighted by Crippen LogP contribution is 2.23. The number of carbonyl (C=O) groups excluding carboxylic acids is 15. The van der Waals surface area contributed by atoms with Crippen LogP contribution in [0.4, 0.5) is 0 Å². The monoisotopic (exact) mass is 1700 g/mol. The second kappa shape index (κ2) is 59.6. The maximum absolute atomic E-state index is 15.1. The molecule has 1 fully saturated rings. The van der Waals surface area contributed by atoms with E-state index in [1.54, 1.807) is 0 Å². The summed E-state index contributed by atoms with van der Waals surface area (Å²) in [6, 6.07) is -16.4. The lowest BCUT2D eigenvalue weighted by atomic mass is 9.98. The molecule has 1 aliphatic rings. The third-order valence-electron chi connectivity index (χ3n) is 20.5. The summed E-state index contributed by atoms with van der Waals surface area (Å²) in [5.74, 6) is -11.3. The molecule has 1 rings (SSSR count). The molecule has 0 spiro atoms. The molecule has 1 saturated heterocycles. The Hall–Kier alpha value is -8.15. The second-order valence-electron chi connectivity index (χ2n) is 36.0. The van der Waals surface area contributed by atoms with Crippen LogP contribution in [-0.2, 0) is 71.9 Å². The Balaban J connectivity index is 3.71. The lowest BCUT2D eigenvalue weighted by Crippen LogP contribution is -2.61. The van der Waals surface area contributed by atoms with E-state index in [1.807, 2.05) is 111 Å². The molecule has 1 aliphatic heterocycles. The van der Waals surface area contributed by atoms with Gasteiger partial charge in [0.2, 0.25) is 88.6 Å². The highest BCUT2D eigenvalue weighted by atomic mass is 16.2. The van der Waals surface area contributed by atoms with Crippen molar-refractivity contribution in [2.24, 2.45) is 81.7 Å². The first kappa shape index (κ1) is 110. The van der Waals surface area contributed by atoms with Crippen molar-refractivity contribution >= 4 is 88.6 Å². The molecule has 120 heavy (non-hydrogen) atoms. The van der Waals surface area contributed by atoms with E-state index in [1.165, 1.54) is 11.8 Å². The van der Waals surface area contributed by atoms with Gasteiger partial charge in [0.15, 0.2) is 0 Å². The Labute approximate surface area is 715 Å². The second-order valence-corrected chi connectivity index (χ2v) is 36.0. The Morgan fingerprint density at radius 2 is 0.458 bits per heavy atom. The van der Waals surface area contributed by atoms with Crippen molar-refractivity contribution in [2.45, 2.75) is 363 Å². The molecule has 1 heterocycles. The van der Waals surface area contributed by atoms with Gasteiger partial charge in [-0.3, -0.25) is 71.9 Å². The lowest BCUT2D eigenvalue weighted by molar-refractivity contribution is -0.143.